The molecule has 2 N–H and O–H groups in total. The van der Waals surface area contributed by atoms with E-state index in [4.69, 9.17) is 0 Å². The number of anilines is 2. The number of hydrogen-bond donors (Lipinski definition) is 2. The molecule has 1 aliphatic carbocycles. The van der Waals surface area contributed by atoms with Crippen LogP contribution in [0.2, 0.25) is 0 Å². The number of rotatable bonds is 5. The maximum absolute atomic E-state index is 13.8. The molecule has 3 nitrogen and oxygen atoms in total. The van der Waals surface area contributed by atoms with E-state index < -0.39 is 11.6 Å². The first-order chi connectivity index (χ1) is 9.41. The quantitative estimate of drug-likeness (QED) is 0.851. The number of nitrogens with one attached hydrogen (secondary N) is 2. The summed E-state index contributed by atoms with van der Waals surface area (Å²) < 4.78 is 27.4. The minimum atomic E-state index is -0.645. The van der Waals surface area contributed by atoms with Gasteiger partial charge in [-0.25, -0.2) is 13.8 Å². The molecule has 0 radical (unpaired) electrons. The predicted molar refractivity (Wildman–Crippen MR) is 78.0 cm³/mol. The lowest BCUT2D eigenvalue weighted by Gasteiger charge is -2.19. The third-order valence-corrected chi connectivity index (χ3v) is 3.78. The summed E-state index contributed by atoms with van der Waals surface area (Å²) >= 11 is 0. The molecule has 1 saturated carbocycles. The summed E-state index contributed by atoms with van der Waals surface area (Å²) in [7, 11) is 0. The highest BCUT2D eigenvalue weighted by atomic mass is 19.1. The average molecular weight is 283 g/mol. The Morgan fingerprint density at radius 2 is 2.00 bits per heavy atom. The van der Waals surface area contributed by atoms with Gasteiger partial charge in [0, 0.05) is 18.7 Å². The van der Waals surface area contributed by atoms with Crippen LogP contribution < -0.4 is 10.6 Å². The molecule has 0 saturated heterocycles. The monoisotopic (exact) mass is 283 g/mol. The Balaban J connectivity index is 2.11. The fraction of sp³-hybridized carbons (Fsp3) is 0.667. The molecule has 2 rings (SSSR count). The first-order valence-corrected chi connectivity index (χ1v) is 7.28. The predicted octanol–water partition coefficient (Wildman–Crippen LogP) is 4.17. The highest BCUT2D eigenvalue weighted by molar-refractivity contribution is 5.48. The first kappa shape index (κ1) is 15.0. The van der Waals surface area contributed by atoms with Crippen molar-refractivity contribution in [1.82, 2.24) is 4.98 Å². The number of halogens is 2. The molecule has 0 aromatic carbocycles. The van der Waals surface area contributed by atoms with E-state index in [0.717, 1.165) is 31.7 Å². The van der Waals surface area contributed by atoms with Crippen LogP contribution in [0.15, 0.2) is 6.07 Å². The van der Waals surface area contributed by atoms with E-state index in [1.54, 1.807) is 0 Å². The molecular formula is C15H23F2N3. The van der Waals surface area contributed by atoms with Crippen LogP contribution >= 0.6 is 0 Å². The Labute approximate surface area is 119 Å². The van der Waals surface area contributed by atoms with Gasteiger partial charge in [0.15, 0.2) is 23.3 Å². The standard InChI is InChI=1S/C15H23F2N3/c1-4-7-18-13-11(16)8-12(17)14(20-13)19-10-5-6-15(2,3)9-10/h8,10H,4-7,9H2,1-3H3,(H2,18,19,20). The van der Waals surface area contributed by atoms with Gasteiger partial charge in [-0.15, -0.1) is 0 Å². The lowest BCUT2D eigenvalue weighted by atomic mass is 9.92. The van der Waals surface area contributed by atoms with Crippen LogP contribution in [0.5, 0.6) is 0 Å². The van der Waals surface area contributed by atoms with Crippen LogP contribution in [-0.2, 0) is 0 Å². The lowest BCUT2D eigenvalue weighted by molar-refractivity contribution is 0.378. The van der Waals surface area contributed by atoms with Crippen LogP contribution in [0.1, 0.15) is 46.5 Å². The first-order valence-electron chi connectivity index (χ1n) is 7.28. The number of pyridine rings is 1. The molecule has 1 unspecified atom stereocenters. The molecule has 20 heavy (non-hydrogen) atoms. The fourth-order valence-corrected chi connectivity index (χ4v) is 2.69. The topological polar surface area (TPSA) is 37.0 Å². The van der Waals surface area contributed by atoms with Crippen molar-refractivity contribution in [2.45, 2.75) is 52.5 Å². The second-order valence-electron chi connectivity index (χ2n) is 6.32. The van der Waals surface area contributed by atoms with Gasteiger partial charge in [0.2, 0.25) is 0 Å². The van der Waals surface area contributed by atoms with Crippen molar-refractivity contribution in [2.24, 2.45) is 5.41 Å². The Morgan fingerprint density at radius 3 is 2.60 bits per heavy atom. The van der Waals surface area contributed by atoms with Crippen LogP contribution in [0.4, 0.5) is 20.4 Å². The Bertz CT molecular complexity index is 474. The molecule has 0 amide bonds. The number of nitrogens with zero attached hydrogens (tertiary/aromatic N) is 1. The lowest BCUT2D eigenvalue weighted by Crippen LogP contribution is -2.20. The summed E-state index contributed by atoms with van der Waals surface area (Å²) in [6, 6.07) is 1.10. The fourth-order valence-electron chi connectivity index (χ4n) is 2.69. The second kappa shape index (κ2) is 5.94. The maximum Gasteiger partial charge on any atom is 0.168 e. The van der Waals surface area contributed by atoms with E-state index >= 15 is 0 Å². The van der Waals surface area contributed by atoms with Gasteiger partial charge in [-0.3, -0.25) is 0 Å². The normalized spacial score (nSPS) is 20.9. The van der Waals surface area contributed by atoms with Crippen molar-refractivity contribution in [3.63, 3.8) is 0 Å². The zero-order valence-corrected chi connectivity index (χ0v) is 12.4. The largest absolute Gasteiger partial charge is 0.368 e. The smallest absolute Gasteiger partial charge is 0.168 e. The van der Waals surface area contributed by atoms with E-state index in [9.17, 15) is 8.78 Å². The Morgan fingerprint density at radius 1 is 1.30 bits per heavy atom. The molecule has 1 aromatic rings. The average Bonchev–Trinajstić information content (AvgIpc) is 2.71. The van der Waals surface area contributed by atoms with E-state index in [1.165, 1.54) is 0 Å². The van der Waals surface area contributed by atoms with Crippen LogP contribution in [0, 0.1) is 17.0 Å². The third kappa shape index (κ3) is 3.58. The minimum absolute atomic E-state index is 0.119. The van der Waals surface area contributed by atoms with E-state index in [-0.39, 0.29) is 23.1 Å². The SMILES string of the molecule is CCCNc1nc(NC2CCC(C)(C)C2)c(F)cc1F. The summed E-state index contributed by atoms with van der Waals surface area (Å²) in [5.74, 6) is -1.01. The molecule has 5 heteroatoms. The Kier molecular flexibility index (Phi) is 4.45. The van der Waals surface area contributed by atoms with E-state index in [1.807, 2.05) is 6.92 Å². The molecular weight excluding hydrogens is 260 g/mol. The van der Waals surface area contributed by atoms with Crippen molar-refractivity contribution in [3.05, 3.63) is 17.7 Å². The van der Waals surface area contributed by atoms with Crippen molar-refractivity contribution < 1.29 is 8.78 Å². The summed E-state index contributed by atoms with van der Waals surface area (Å²) in [4.78, 5) is 4.05. The summed E-state index contributed by atoms with van der Waals surface area (Å²) in [5, 5.41) is 5.99. The maximum atomic E-state index is 13.8. The van der Waals surface area contributed by atoms with Gasteiger partial charge < -0.3 is 10.6 Å². The zero-order chi connectivity index (χ0) is 14.8. The molecule has 0 bridgehead atoms. The molecule has 1 fully saturated rings. The summed E-state index contributed by atoms with van der Waals surface area (Å²) in [6.07, 6.45) is 3.93. The van der Waals surface area contributed by atoms with Gasteiger partial charge in [0.1, 0.15) is 0 Å². The van der Waals surface area contributed by atoms with Crippen molar-refractivity contribution in [2.75, 3.05) is 17.2 Å². The highest BCUT2D eigenvalue weighted by Gasteiger charge is 2.31. The molecule has 1 aromatic heterocycles. The number of aromatic nitrogens is 1. The third-order valence-electron chi connectivity index (χ3n) is 3.78. The van der Waals surface area contributed by atoms with Gasteiger partial charge >= 0.3 is 0 Å². The van der Waals surface area contributed by atoms with Gasteiger partial charge in [0.05, 0.1) is 0 Å². The van der Waals surface area contributed by atoms with E-state index in [0.29, 0.717) is 6.54 Å². The van der Waals surface area contributed by atoms with Gasteiger partial charge in [-0.05, 0) is 31.1 Å². The molecule has 0 spiro atoms. The molecule has 1 aliphatic rings. The van der Waals surface area contributed by atoms with Crippen LogP contribution in [0.25, 0.3) is 0 Å². The summed E-state index contributed by atoms with van der Waals surface area (Å²) in [6.45, 7) is 7.01. The molecule has 0 aliphatic heterocycles. The second-order valence-corrected chi connectivity index (χ2v) is 6.32. The van der Waals surface area contributed by atoms with Crippen LogP contribution in [-0.4, -0.2) is 17.6 Å². The molecule has 1 heterocycles. The summed E-state index contributed by atoms with van der Waals surface area (Å²) in [5.41, 5.74) is 0.275. The zero-order valence-electron chi connectivity index (χ0n) is 12.4. The molecule has 1 atom stereocenters. The van der Waals surface area contributed by atoms with Crippen molar-refractivity contribution in [1.29, 1.82) is 0 Å². The Hall–Kier alpha value is -1.39. The number of hydrogen-bond acceptors (Lipinski definition) is 3. The van der Waals surface area contributed by atoms with Crippen LogP contribution in [0.3, 0.4) is 0 Å². The van der Waals surface area contributed by atoms with Crippen molar-refractivity contribution in [3.8, 4) is 0 Å². The highest BCUT2D eigenvalue weighted by Crippen LogP contribution is 2.38. The molecule has 112 valence electrons. The van der Waals surface area contributed by atoms with Gasteiger partial charge in [-0.2, -0.15) is 0 Å². The van der Waals surface area contributed by atoms with E-state index in [2.05, 4.69) is 29.5 Å². The van der Waals surface area contributed by atoms with Gasteiger partial charge in [0.25, 0.3) is 0 Å². The van der Waals surface area contributed by atoms with Gasteiger partial charge in [-0.1, -0.05) is 20.8 Å². The minimum Gasteiger partial charge on any atom is -0.368 e. The van der Waals surface area contributed by atoms with Crippen molar-refractivity contribution >= 4 is 11.6 Å².